The molecule has 0 aliphatic heterocycles. The molecule has 1 heterocycles. The van der Waals surface area contributed by atoms with E-state index in [1.54, 1.807) is 23.7 Å². The number of aliphatic carboxylic acids is 1. The second-order valence-corrected chi connectivity index (χ2v) is 7.48. The van der Waals surface area contributed by atoms with Crippen molar-refractivity contribution >= 4 is 23.5 Å². The van der Waals surface area contributed by atoms with Crippen molar-refractivity contribution < 1.29 is 14.7 Å². The van der Waals surface area contributed by atoms with E-state index in [4.69, 9.17) is 11.6 Å². The summed E-state index contributed by atoms with van der Waals surface area (Å²) in [6.07, 6.45) is 4.51. The van der Waals surface area contributed by atoms with E-state index in [1.807, 2.05) is 19.1 Å². The molecule has 7 heteroatoms. The molecule has 2 unspecified atom stereocenters. The molecule has 0 saturated heterocycles. The van der Waals surface area contributed by atoms with E-state index in [-0.39, 0.29) is 5.91 Å². The average molecular weight is 376 g/mol. The minimum atomic E-state index is -0.862. The normalized spacial score (nSPS) is 22.8. The maximum absolute atomic E-state index is 12.8. The van der Waals surface area contributed by atoms with Crippen molar-refractivity contribution in [2.75, 3.05) is 0 Å². The minimum Gasteiger partial charge on any atom is -0.481 e. The number of halogens is 1. The molecule has 1 fully saturated rings. The lowest BCUT2D eigenvalue weighted by Crippen LogP contribution is -2.55. The molecule has 1 aromatic heterocycles. The van der Waals surface area contributed by atoms with Crippen molar-refractivity contribution in [2.24, 2.45) is 5.92 Å². The minimum absolute atomic E-state index is 0.300. The Hall–Kier alpha value is -2.34. The van der Waals surface area contributed by atoms with Gasteiger partial charge in [-0.2, -0.15) is 5.10 Å². The summed E-state index contributed by atoms with van der Waals surface area (Å²) in [6, 6.07) is 7.22. The molecule has 0 bridgehead atoms. The molecule has 1 amide bonds. The summed E-state index contributed by atoms with van der Waals surface area (Å²) in [6.45, 7) is 3.63. The fourth-order valence-corrected chi connectivity index (χ4v) is 3.89. The first-order valence-electron chi connectivity index (χ1n) is 8.68. The lowest BCUT2D eigenvalue weighted by atomic mass is 9.73. The predicted molar refractivity (Wildman–Crippen MR) is 98.8 cm³/mol. The van der Waals surface area contributed by atoms with Crippen molar-refractivity contribution in [3.63, 3.8) is 0 Å². The third-order valence-corrected chi connectivity index (χ3v) is 5.45. The summed E-state index contributed by atoms with van der Waals surface area (Å²) in [5.41, 5.74) is 1.12. The summed E-state index contributed by atoms with van der Waals surface area (Å²) in [5.74, 6) is -1.74. The monoisotopic (exact) mass is 375 g/mol. The van der Waals surface area contributed by atoms with E-state index in [0.29, 0.717) is 29.1 Å². The van der Waals surface area contributed by atoms with Crippen molar-refractivity contribution in [3.8, 4) is 5.69 Å². The van der Waals surface area contributed by atoms with Gasteiger partial charge in [0.15, 0.2) is 0 Å². The van der Waals surface area contributed by atoms with E-state index >= 15 is 0 Å². The summed E-state index contributed by atoms with van der Waals surface area (Å²) in [4.78, 5) is 24.4. The van der Waals surface area contributed by atoms with Crippen molar-refractivity contribution in [2.45, 2.75) is 45.1 Å². The van der Waals surface area contributed by atoms with Crippen LogP contribution in [0.2, 0.25) is 5.02 Å². The van der Waals surface area contributed by atoms with Crippen molar-refractivity contribution in [3.05, 3.63) is 46.7 Å². The van der Waals surface area contributed by atoms with Crippen molar-refractivity contribution in [1.29, 1.82) is 0 Å². The topological polar surface area (TPSA) is 84.2 Å². The van der Waals surface area contributed by atoms with Crippen LogP contribution in [0.3, 0.4) is 0 Å². The summed E-state index contributed by atoms with van der Waals surface area (Å²) in [5, 5.41) is 17.4. The number of nitrogens with one attached hydrogen (secondary N) is 1. The Bertz CT molecular complexity index is 848. The molecule has 2 N–H and O–H groups in total. The van der Waals surface area contributed by atoms with Crippen LogP contribution in [0, 0.1) is 12.8 Å². The van der Waals surface area contributed by atoms with Gasteiger partial charge in [0.25, 0.3) is 5.91 Å². The maximum atomic E-state index is 12.8. The SMILES string of the molecule is Cc1c(C(=O)NC2(C)CCCCC2C(=O)O)cnn1-c1cccc(Cl)c1. The number of benzene rings is 1. The first-order valence-corrected chi connectivity index (χ1v) is 9.05. The largest absolute Gasteiger partial charge is 0.481 e. The molecule has 3 rings (SSSR count). The number of amides is 1. The zero-order valence-corrected chi connectivity index (χ0v) is 15.6. The molecular formula is C19H22ClN3O3. The average Bonchev–Trinajstić information content (AvgIpc) is 2.96. The predicted octanol–water partition coefficient (Wildman–Crippen LogP) is 3.60. The van der Waals surface area contributed by atoms with Gasteiger partial charge in [0.05, 0.1) is 34.6 Å². The molecule has 6 nitrogen and oxygen atoms in total. The molecule has 0 spiro atoms. The smallest absolute Gasteiger partial charge is 0.308 e. The quantitative estimate of drug-likeness (QED) is 0.855. The fraction of sp³-hybridized carbons (Fsp3) is 0.421. The van der Waals surface area contributed by atoms with Crippen LogP contribution >= 0.6 is 11.6 Å². The summed E-state index contributed by atoms with van der Waals surface area (Å²) in [7, 11) is 0. The Morgan fingerprint density at radius 2 is 2.15 bits per heavy atom. The molecule has 1 aliphatic carbocycles. The highest BCUT2D eigenvalue weighted by atomic mass is 35.5. The molecule has 2 atom stereocenters. The number of rotatable bonds is 4. The third-order valence-electron chi connectivity index (χ3n) is 5.21. The van der Waals surface area contributed by atoms with Gasteiger partial charge in [-0.05, 0) is 44.9 Å². The molecule has 2 aromatic rings. The van der Waals surface area contributed by atoms with Crippen LogP contribution in [0.1, 0.15) is 48.7 Å². The fourth-order valence-electron chi connectivity index (χ4n) is 3.71. The number of hydrogen-bond donors (Lipinski definition) is 2. The second kappa shape index (κ2) is 7.11. The second-order valence-electron chi connectivity index (χ2n) is 7.04. The Kier molecular flexibility index (Phi) is 5.05. The van der Waals surface area contributed by atoms with Gasteiger partial charge in [0.2, 0.25) is 0 Å². The van der Waals surface area contributed by atoms with Crippen LogP contribution in [-0.2, 0) is 4.79 Å². The van der Waals surface area contributed by atoms with Gasteiger partial charge < -0.3 is 10.4 Å². The van der Waals surface area contributed by atoms with Gasteiger partial charge in [-0.25, -0.2) is 4.68 Å². The first kappa shape index (κ1) is 18.5. The Morgan fingerprint density at radius 3 is 2.85 bits per heavy atom. The number of carboxylic acid groups (broad SMARTS) is 1. The highest BCUT2D eigenvalue weighted by molar-refractivity contribution is 6.30. The van der Waals surface area contributed by atoms with E-state index in [0.717, 1.165) is 18.5 Å². The third kappa shape index (κ3) is 3.46. The van der Waals surface area contributed by atoms with Gasteiger partial charge in [0.1, 0.15) is 0 Å². The Balaban J connectivity index is 1.86. The van der Waals surface area contributed by atoms with Crippen LogP contribution in [0.25, 0.3) is 5.69 Å². The molecule has 1 saturated carbocycles. The maximum Gasteiger partial charge on any atom is 0.308 e. The van der Waals surface area contributed by atoms with Crippen LogP contribution in [0.5, 0.6) is 0 Å². The lowest BCUT2D eigenvalue weighted by Gasteiger charge is -2.39. The van der Waals surface area contributed by atoms with Crippen LogP contribution < -0.4 is 5.32 Å². The molecule has 138 valence electrons. The van der Waals surface area contributed by atoms with Crippen LogP contribution in [0.15, 0.2) is 30.5 Å². The highest BCUT2D eigenvalue weighted by Gasteiger charge is 2.42. The number of carbonyl (C=O) groups excluding carboxylic acids is 1. The molecule has 1 aromatic carbocycles. The summed E-state index contributed by atoms with van der Waals surface area (Å²) < 4.78 is 1.65. The Morgan fingerprint density at radius 1 is 1.38 bits per heavy atom. The van der Waals surface area contributed by atoms with Gasteiger partial charge >= 0.3 is 5.97 Å². The number of hydrogen-bond acceptors (Lipinski definition) is 3. The van der Waals surface area contributed by atoms with Crippen LogP contribution in [-0.4, -0.2) is 32.3 Å². The number of carbonyl (C=O) groups is 2. The molecular weight excluding hydrogens is 354 g/mol. The van der Waals surface area contributed by atoms with Gasteiger partial charge in [-0.3, -0.25) is 9.59 Å². The molecule has 1 aliphatic rings. The standard InChI is InChI=1S/C19H22ClN3O3/c1-12-15(11-21-23(12)14-7-5-6-13(20)10-14)17(24)22-19(2)9-4-3-8-16(19)18(25)26/h5-7,10-11,16H,3-4,8-9H2,1-2H3,(H,22,24)(H,25,26). The number of carboxylic acids is 1. The van der Waals surface area contributed by atoms with E-state index in [2.05, 4.69) is 10.4 Å². The van der Waals surface area contributed by atoms with E-state index in [1.165, 1.54) is 6.20 Å². The lowest BCUT2D eigenvalue weighted by molar-refractivity contribution is -0.145. The summed E-state index contributed by atoms with van der Waals surface area (Å²) >= 11 is 6.03. The van der Waals surface area contributed by atoms with Crippen molar-refractivity contribution in [1.82, 2.24) is 15.1 Å². The zero-order chi connectivity index (χ0) is 18.9. The first-order chi connectivity index (χ1) is 12.3. The number of aromatic nitrogens is 2. The number of nitrogens with zero attached hydrogens (tertiary/aromatic N) is 2. The zero-order valence-electron chi connectivity index (χ0n) is 14.8. The van der Waals surface area contributed by atoms with Crippen LogP contribution in [0.4, 0.5) is 0 Å². The van der Waals surface area contributed by atoms with E-state index < -0.39 is 17.4 Å². The molecule has 0 radical (unpaired) electrons. The van der Waals surface area contributed by atoms with Gasteiger partial charge in [0, 0.05) is 5.02 Å². The van der Waals surface area contributed by atoms with Gasteiger partial charge in [-0.1, -0.05) is 30.5 Å². The Labute approximate surface area is 157 Å². The van der Waals surface area contributed by atoms with Gasteiger partial charge in [-0.15, -0.1) is 0 Å². The highest BCUT2D eigenvalue weighted by Crippen LogP contribution is 2.34. The molecule has 26 heavy (non-hydrogen) atoms. The van der Waals surface area contributed by atoms with E-state index in [9.17, 15) is 14.7 Å².